The number of hydrogen-bond acceptors (Lipinski definition) is 3. The molecular weight excluding hydrogens is 272 g/mol. The molecule has 3 rings (SSSR count). The molecule has 20 heavy (non-hydrogen) atoms. The lowest BCUT2D eigenvalue weighted by atomic mass is 9.90. The fourth-order valence-electron chi connectivity index (χ4n) is 3.42. The molecule has 2 heterocycles. The van der Waals surface area contributed by atoms with E-state index in [0.717, 1.165) is 0 Å². The van der Waals surface area contributed by atoms with Crippen LogP contribution >= 0.6 is 0 Å². The van der Waals surface area contributed by atoms with E-state index in [9.17, 15) is 13.2 Å². The first-order chi connectivity index (χ1) is 9.52. The van der Waals surface area contributed by atoms with Gasteiger partial charge in [0.1, 0.15) is 0 Å². The van der Waals surface area contributed by atoms with Crippen molar-refractivity contribution in [2.45, 2.75) is 36.2 Å². The molecule has 2 fully saturated rings. The molecule has 2 saturated heterocycles. The average Bonchev–Trinajstić information content (AvgIpc) is 2.66. The van der Waals surface area contributed by atoms with Crippen LogP contribution in [0.15, 0.2) is 24.3 Å². The smallest absolute Gasteiger partial charge is 0.166 e. The van der Waals surface area contributed by atoms with Crippen LogP contribution < -0.4 is 0 Å². The van der Waals surface area contributed by atoms with Crippen molar-refractivity contribution in [1.29, 1.82) is 0 Å². The second-order valence-electron chi connectivity index (χ2n) is 5.67. The fraction of sp³-hybridized carbons (Fsp3) is 0.438. The Hall–Kier alpha value is -1.60. The molecule has 0 radical (unpaired) electrons. The van der Waals surface area contributed by atoms with E-state index in [-0.39, 0.29) is 22.2 Å². The third kappa shape index (κ3) is 2.06. The lowest BCUT2D eigenvalue weighted by Gasteiger charge is -2.27. The van der Waals surface area contributed by atoms with Crippen molar-refractivity contribution in [3.05, 3.63) is 35.4 Å². The maximum atomic E-state index is 12.5. The topological polar surface area (TPSA) is 51.2 Å². The zero-order chi connectivity index (χ0) is 14.3. The number of terminal acetylenes is 1. The van der Waals surface area contributed by atoms with Crippen LogP contribution in [0.2, 0.25) is 0 Å². The van der Waals surface area contributed by atoms with Crippen molar-refractivity contribution in [3.8, 4) is 12.3 Å². The van der Waals surface area contributed by atoms with Gasteiger partial charge in [-0.3, -0.25) is 4.79 Å². The zero-order valence-corrected chi connectivity index (χ0v) is 11.9. The Morgan fingerprint density at radius 2 is 1.85 bits per heavy atom. The largest absolute Gasteiger partial charge is 0.294 e. The monoisotopic (exact) mass is 288 g/mol. The van der Waals surface area contributed by atoms with E-state index in [1.807, 2.05) is 0 Å². The van der Waals surface area contributed by atoms with Gasteiger partial charge in [-0.25, -0.2) is 8.42 Å². The van der Waals surface area contributed by atoms with Gasteiger partial charge in [-0.1, -0.05) is 18.1 Å². The number of hydrogen-bond donors (Lipinski definition) is 0. The van der Waals surface area contributed by atoms with Gasteiger partial charge in [0.05, 0.1) is 10.5 Å². The van der Waals surface area contributed by atoms with Crippen molar-refractivity contribution in [1.82, 2.24) is 0 Å². The van der Waals surface area contributed by atoms with E-state index in [4.69, 9.17) is 6.42 Å². The van der Waals surface area contributed by atoms with Crippen LogP contribution in [0.4, 0.5) is 0 Å². The van der Waals surface area contributed by atoms with E-state index in [0.29, 0.717) is 36.8 Å². The summed E-state index contributed by atoms with van der Waals surface area (Å²) in [7, 11) is -2.98. The highest BCUT2D eigenvalue weighted by molar-refractivity contribution is 7.93. The highest BCUT2D eigenvalue weighted by Crippen LogP contribution is 2.42. The molecule has 4 heteroatoms. The van der Waals surface area contributed by atoms with E-state index in [1.54, 1.807) is 24.3 Å². The van der Waals surface area contributed by atoms with Gasteiger partial charge in [0, 0.05) is 17.0 Å². The molecule has 2 aliphatic rings. The lowest BCUT2D eigenvalue weighted by Crippen LogP contribution is -2.36. The van der Waals surface area contributed by atoms with E-state index >= 15 is 0 Å². The molecule has 104 valence electrons. The summed E-state index contributed by atoms with van der Waals surface area (Å²) in [6.07, 6.45) is 7.71. The second-order valence-corrected chi connectivity index (χ2v) is 8.18. The Morgan fingerprint density at radius 3 is 2.45 bits per heavy atom. The Labute approximate surface area is 119 Å². The van der Waals surface area contributed by atoms with E-state index < -0.39 is 9.84 Å². The van der Waals surface area contributed by atoms with Crippen LogP contribution in [-0.2, 0) is 9.84 Å². The molecular formula is C16H16O3S. The van der Waals surface area contributed by atoms with Crippen molar-refractivity contribution in [2.75, 3.05) is 0 Å². The molecule has 0 amide bonds. The molecule has 0 spiro atoms. The maximum Gasteiger partial charge on any atom is 0.166 e. The van der Waals surface area contributed by atoms with Crippen molar-refractivity contribution >= 4 is 15.6 Å². The molecule has 3 nitrogen and oxygen atoms in total. The second kappa shape index (κ2) is 4.75. The van der Waals surface area contributed by atoms with Crippen LogP contribution in [0.5, 0.6) is 0 Å². The number of rotatable bonds is 2. The normalized spacial score (nSPS) is 30.6. The van der Waals surface area contributed by atoms with Gasteiger partial charge >= 0.3 is 0 Å². The Bertz CT molecular complexity index is 677. The predicted octanol–water partition coefficient (Wildman–Crippen LogP) is 2.21. The number of sulfone groups is 1. The van der Waals surface area contributed by atoms with Gasteiger partial charge in [-0.2, -0.15) is 0 Å². The molecule has 0 aromatic heterocycles. The number of Topliss-reactive ketones (excluding diaryl/α,β-unsaturated/α-hetero) is 1. The summed E-state index contributed by atoms with van der Waals surface area (Å²) >= 11 is 0. The first kappa shape index (κ1) is 13.4. The van der Waals surface area contributed by atoms with Crippen molar-refractivity contribution in [3.63, 3.8) is 0 Å². The zero-order valence-electron chi connectivity index (χ0n) is 11.1. The van der Waals surface area contributed by atoms with Gasteiger partial charge in [0.15, 0.2) is 15.6 Å². The summed E-state index contributed by atoms with van der Waals surface area (Å²) < 4.78 is 24.1. The highest BCUT2D eigenvalue weighted by atomic mass is 32.2. The number of benzene rings is 1. The first-order valence-corrected chi connectivity index (χ1v) is 8.47. The van der Waals surface area contributed by atoms with Crippen LogP contribution in [-0.4, -0.2) is 24.7 Å². The SMILES string of the molecule is C#Cc1cccc(C(=O)C2CC3CCC(C2)S3(=O)=O)c1. The van der Waals surface area contributed by atoms with Crippen molar-refractivity contribution in [2.24, 2.45) is 5.92 Å². The fourth-order valence-corrected chi connectivity index (χ4v) is 5.89. The summed E-state index contributed by atoms with van der Waals surface area (Å²) in [6, 6.07) is 7.03. The van der Waals surface area contributed by atoms with Crippen LogP contribution in [0.1, 0.15) is 41.6 Å². The maximum absolute atomic E-state index is 12.5. The van der Waals surface area contributed by atoms with Gasteiger partial charge in [-0.15, -0.1) is 6.42 Å². The first-order valence-electron chi connectivity index (χ1n) is 6.86. The molecule has 2 bridgehead atoms. The Morgan fingerprint density at radius 1 is 1.20 bits per heavy atom. The summed E-state index contributed by atoms with van der Waals surface area (Å²) in [5.41, 5.74) is 1.28. The van der Waals surface area contributed by atoms with Crippen molar-refractivity contribution < 1.29 is 13.2 Å². The molecule has 1 aromatic carbocycles. The molecule has 0 aliphatic carbocycles. The van der Waals surface area contributed by atoms with Crippen LogP contribution in [0.25, 0.3) is 0 Å². The number of fused-ring (bicyclic) bond motifs is 2. The molecule has 2 atom stereocenters. The van der Waals surface area contributed by atoms with Gasteiger partial charge in [-0.05, 0) is 37.8 Å². The third-order valence-corrected chi connectivity index (χ3v) is 7.23. The van der Waals surface area contributed by atoms with Crippen LogP contribution in [0.3, 0.4) is 0 Å². The van der Waals surface area contributed by atoms with Gasteiger partial charge in [0.2, 0.25) is 0 Å². The molecule has 2 unspecified atom stereocenters. The molecule has 1 aromatic rings. The molecule has 2 aliphatic heterocycles. The molecule has 0 saturated carbocycles. The Kier molecular flexibility index (Phi) is 3.18. The number of carbonyl (C=O) groups excluding carboxylic acids is 1. The minimum atomic E-state index is -2.98. The number of ketones is 1. The van der Waals surface area contributed by atoms with E-state index in [2.05, 4.69) is 5.92 Å². The standard InChI is InChI=1S/C16H16O3S/c1-2-11-4-3-5-12(8-11)16(17)13-9-14-6-7-15(10-13)20(14,18)19/h1,3-5,8,13-15H,6-7,9-10H2. The highest BCUT2D eigenvalue weighted by Gasteiger charge is 2.48. The summed E-state index contributed by atoms with van der Waals surface area (Å²) in [6.45, 7) is 0. The third-order valence-electron chi connectivity index (χ3n) is 4.52. The predicted molar refractivity (Wildman–Crippen MR) is 77.2 cm³/mol. The molecule has 0 N–H and O–H groups in total. The number of carbonyl (C=O) groups is 1. The minimum Gasteiger partial charge on any atom is -0.294 e. The van der Waals surface area contributed by atoms with Gasteiger partial charge < -0.3 is 0 Å². The average molecular weight is 288 g/mol. The minimum absolute atomic E-state index is 0.0360. The summed E-state index contributed by atoms with van der Waals surface area (Å²) in [5.74, 6) is 2.38. The lowest BCUT2D eigenvalue weighted by molar-refractivity contribution is 0.0905. The summed E-state index contributed by atoms with van der Waals surface area (Å²) in [5, 5.41) is -0.628. The van der Waals surface area contributed by atoms with E-state index in [1.165, 1.54) is 0 Å². The summed E-state index contributed by atoms with van der Waals surface area (Å²) in [4.78, 5) is 12.5. The van der Waals surface area contributed by atoms with Gasteiger partial charge in [0.25, 0.3) is 0 Å². The quantitative estimate of drug-likeness (QED) is 0.619. The van der Waals surface area contributed by atoms with Crippen LogP contribution in [0, 0.1) is 18.3 Å². The Balaban J connectivity index is 1.85.